The number of alkyl halides is 3. The number of carbonyl (C=O) groups is 3. The van der Waals surface area contributed by atoms with Gasteiger partial charge in [-0.15, -0.1) is 0 Å². The predicted octanol–water partition coefficient (Wildman–Crippen LogP) is 6.13. The van der Waals surface area contributed by atoms with Crippen LogP contribution in [0, 0.1) is 5.92 Å². The average molecular weight is 696 g/mol. The zero-order valence-corrected chi connectivity index (χ0v) is 28.2. The van der Waals surface area contributed by atoms with E-state index in [0.29, 0.717) is 56.1 Å². The third kappa shape index (κ3) is 9.29. The summed E-state index contributed by atoms with van der Waals surface area (Å²) in [6, 6.07) is 27.6. The maximum Gasteiger partial charge on any atom is 0.416 e. The summed E-state index contributed by atoms with van der Waals surface area (Å²) in [5.41, 5.74) is 2.44. The van der Waals surface area contributed by atoms with Gasteiger partial charge < -0.3 is 10.2 Å². The second-order valence-corrected chi connectivity index (χ2v) is 12.9. The van der Waals surface area contributed by atoms with Crippen LogP contribution in [0.1, 0.15) is 40.7 Å². The second kappa shape index (κ2) is 16.2. The van der Waals surface area contributed by atoms with E-state index in [0.717, 1.165) is 30.7 Å². The van der Waals surface area contributed by atoms with E-state index in [-0.39, 0.29) is 30.4 Å². The highest BCUT2D eigenvalue weighted by molar-refractivity contribution is 6.04. The Kier molecular flexibility index (Phi) is 11.3. The number of halogens is 3. The van der Waals surface area contributed by atoms with E-state index in [1.54, 1.807) is 28.1 Å². The van der Waals surface area contributed by atoms with Crippen LogP contribution in [0.2, 0.25) is 0 Å². The number of pyridine rings is 1. The molecule has 2 saturated heterocycles. The van der Waals surface area contributed by atoms with Crippen molar-refractivity contribution in [2.45, 2.75) is 38.5 Å². The molecule has 51 heavy (non-hydrogen) atoms. The highest BCUT2D eigenvalue weighted by Crippen LogP contribution is 2.30. The first-order valence-corrected chi connectivity index (χ1v) is 17.2. The Morgan fingerprint density at radius 1 is 0.804 bits per heavy atom. The molecule has 4 aromatic rings. The van der Waals surface area contributed by atoms with Crippen molar-refractivity contribution < 1.29 is 27.6 Å². The van der Waals surface area contributed by atoms with Crippen LogP contribution in [0.4, 0.5) is 19.0 Å². The Bertz CT molecular complexity index is 1820. The van der Waals surface area contributed by atoms with E-state index in [1.165, 1.54) is 23.8 Å². The van der Waals surface area contributed by atoms with Crippen molar-refractivity contribution in [1.29, 1.82) is 0 Å². The van der Waals surface area contributed by atoms with Crippen LogP contribution < -0.4 is 10.2 Å². The number of nitrogens with zero attached hydrogens (tertiary/aromatic N) is 4. The van der Waals surface area contributed by atoms with E-state index >= 15 is 0 Å². The highest BCUT2D eigenvalue weighted by atomic mass is 19.4. The molecule has 3 aromatic carbocycles. The van der Waals surface area contributed by atoms with Crippen LogP contribution in [0.25, 0.3) is 6.08 Å². The lowest BCUT2D eigenvalue weighted by Crippen LogP contribution is -2.51. The van der Waals surface area contributed by atoms with E-state index in [9.17, 15) is 27.6 Å². The van der Waals surface area contributed by atoms with Crippen molar-refractivity contribution in [3.05, 3.63) is 137 Å². The quantitative estimate of drug-likeness (QED) is 0.191. The minimum Gasteiger partial charge on any atom is -0.348 e. The topological polar surface area (TPSA) is 85.8 Å². The monoisotopic (exact) mass is 695 g/mol. The van der Waals surface area contributed by atoms with Crippen LogP contribution in [-0.4, -0.2) is 65.2 Å². The summed E-state index contributed by atoms with van der Waals surface area (Å²) in [7, 11) is 0. The molecule has 2 aliphatic heterocycles. The van der Waals surface area contributed by atoms with Gasteiger partial charge in [0, 0.05) is 64.0 Å². The van der Waals surface area contributed by atoms with Crippen LogP contribution >= 0.6 is 0 Å². The molecule has 3 amide bonds. The summed E-state index contributed by atoms with van der Waals surface area (Å²) in [5, 5.41) is 2.92. The molecule has 11 heteroatoms. The molecule has 6 rings (SSSR count). The Labute approximate surface area is 295 Å². The van der Waals surface area contributed by atoms with Crippen molar-refractivity contribution in [2.24, 2.45) is 5.92 Å². The number of nitrogens with one attached hydrogen (secondary N) is 1. The molecular formula is C40H40F3N5O3. The number of hydrogen-bond donors (Lipinski definition) is 1. The first-order chi connectivity index (χ1) is 24.6. The molecule has 8 nitrogen and oxygen atoms in total. The largest absolute Gasteiger partial charge is 0.416 e. The van der Waals surface area contributed by atoms with Gasteiger partial charge in [-0.25, -0.2) is 4.98 Å². The van der Waals surface area contributed by atoms with Crippen molar-refractivity contribution >= 4 is 29.6 Å². The van der Waals surface area contributed by atoms with Crippen molar-refractivity contribution in [1.82, 2.24) is 20.1 Å². The number of rotatable bonds is 11. The summed E-state index contributed by atoms with van der Waals surface area (Å²) in [5.74, 6) is -1.06. The van der Waals surface area contributed by atoms with Gasteiger partial charge in [0.1, 0.15) is 5.82 Å². The smallest absolute Gasteiger partial charge is 0.348 e. The normalized spacial score (nSPS) is 16.3. The molecule has 0 radical (unpaired) electrons. The van der Waals surface area contributed by atoms with Gasteiger partial charge in [-0.2, -0.15) is 13.2 Å². The van der Waals surface area contributed by atoms with Gasteiger partial charge in [0.25, 0.3) is 0 Å². The fourth-order valence-electron chi connectivity index (χ4n) is 6.50. The summed E-state index contributed by atoms with van der Waals surface area (Å²) in [6.07, 6.45) is 0.0971. The number of aromatic nitrogens is 1. The lowest BCUT2D eigenvalue weighted by Gasteiger charge is -2.37. The number of piperazine rings is 1. The van der Waals surface area contributed by atoms with Gasteiger partial charge in [-0.05, 0) is 59.4 Å². The Hall–Kier alpha value is -5.29. The molecule has 1 atom stereocenters. The number of benzene rings is 3. The Morgan fingerprint density at radius 2 is 1.47 bits per heavy atom. The molecule has 0 saturated carbocycles. The number of amides is 3. The molecule has 264 valence electrons. The molecule has 3 heterocycles. The maximum atomic E-state index is 14.4. The van der Waals surface area contributed by atoms with Gasteiger partial charge >= 0.3 is 6.18 Å². The van der Waals surface area contributed by atoms with Crippen molar-refractivity contribution in [3.8, 4) is 0 Å². The lowest BCUT2D eigenvalue weighted by molar-refractivity contribution is -0.138. The third-order valence-electron chi connectivity index (χ3n) is 9.32. The number of hydrogen-bond acceptors (Lipinski definition) is 5. The molecule has 1 N–H and O–H groups in total. The molecular weight excluding hydrogens is 655 g/mol. The SMILES string of the molecule is O=C(NCc1ccc(N2CCCC2=O)nc1)C(=Cc1ccc(C(F)(F)F)cc1)[C@H](Cc1ccccc1)C(=O)N1CCN(Cc2ccccc2)CC1. The van der Waals surface area contributed by atoms with E-state index < -0.39 is 23.6 Å². The highest BCUT2D eigenvalue weighted by Gasteiger charge is 2.34. The fourth-order valence-corrected chi connectivity index (χ4v) is 6.50. The van der Waals surface area contributed by atoms with E-state index in [2.05, 4.69) is 27.3 Å². The molecule has 0 aliphatic carbocycles. The van der Waals surface area contributed by atoms with Crippen LogP contribution in [0.5, 0.6) is 0 Å². The maximum absolute atomic E-state index is 14.4. The third-order valence-corrected chi connectivity index (χ3v) is 9.32. The number of anilines is 1. The molecule has 2 aliphatic rings. The lowest BCUT2D eigenvalue weighted by atomic mass is 9.88. The van der Waals surface area contributed by atoms with Gasteiger partial charge in [0.15, 0.2) is 0 Å². The summed E-state index contributed by atoms with van der Waals surface area (Å²) < 4.78 is 40.1. The van der Waals surface area contributed by atoms with Gasteiger partial charge in [-0.1, -0.05) is 78.9 Å². The molecule has 2 fully saturated rings. The van der Waals surface area contributed by atoms with Gasteiger partial charge in [-0.3, -0.25) is 24.2 Å². The molecule has 0 unspecified atom stereocenters. The first kappa shape index (κ1) is 35.5. The van der Waals surface area contributed by atoms with Crippen LogP contribution in [0.3, 0.4) is 0 Å². The molecule has 0 spiro atoms. The number of carbonyl (C=O) groups excluding carboxylic acids is 3. The molecule has 0 bridgehead atoms. The van der Waals surface area contributed by atoms with Crippen molar-refractivity contribution in [3.63, 3.8) is 0 Å². The van der Waals surface area contributed by atoms with Gasteiger partial charge in [0.2, 0.25) is 17.7 Å². The predicted molar refractivity (Wildman–Crippen MR) is 189 cm³/mol. The average Bonchev–Trinajstić information content (AvgIpc) is 3.58. The Morgan fingerprint density at radius 3 is 2.06 bits per heavy atom. The zero-order chi connectivity index (χ0) is 35.8. The summed E-state index contributed by atoms with van der Waals surface area (Å²) in [6.45, 7) is 3.74. The van der Waals surface area contributed by atoms with Crippen LogP contribution in [-0.2, 0) is 40.1 Å². The minimum atomic E-state index is -4.51. The van der Waals surface area contributed by atoms with E-state index in [4.69, 9.17) is 0 Å². The standard InChI is InChI=1S/C40H40F3N5O3/c41-40(42,43)33-16-13-30(14-17-33)24-34(38(50)45-27-32-15-18-36(44-26-32)48-19-7-12-37(48)49)35(25-29-8-3-1-4-9-29)39(51)47-22-20-46(21-23-47)28-31-10-5-2-6-11-31/h1-6,8-11,13-18,24,26,35H,7,12,19-23,25,27-28H2,(H,45,50)/t35-/m0/s1. The van der Waals surface area contributed by atoms with Crippen LogP contribution in [0.15, 0.2) is 109 Å². The first-order valence-electron chi connectivity index (χ1n) is 17.2. The fraction of sp³-hybridized carbons (Fsp3) is 0.300. The van der Waals surface area contributed by atoms with Gasteiger partial charge in [0.05, 0.1) is 11.5 Å². The zero-order valence-electron chi connectivity index (χ0n) is 28.2. The Balaban J connectivity index is 1.26. The van der Waals surface area contributed by atoms with Crippen molar-refractivity contribution in [2.75, 3.05) is 37.6 Å². The van der Waals surface area contributed by atoms with E-state index in [1.807, 2.05) is 48.5 Å². The second-order valence-electron chi connectivity index (χ2n) is 12.9. The minimum absolute atomic E-state index is 0.0216. The summed E-state index contributed by atoms with van der Waals surface area (Å²) >= 11 is 0. The summed E-state index contributed by atoms with van der Waals surface area (Å²) in [4.78, 5) is 50.9. The molecule has 1 aromatic heterocycles.